The summed E-state index contributed by atoms with van der Waals surface area (Å²) in [6.45, 7) is 2.29. The van der Waals surface area contributed by atoms with E-state index in [9.17, 15) is 9.59 Å². The molecule has 0 spiro atoms. The molecule has 2 rings (SSSR count). The van der Waals surface area contributed by atoms with Gasteiger partial charge in [-0.2, -0.15) is 0 Å². The van der Waals surface area contributed by atoms with Crippen molar-refractivity contribution < 1.29 is 14.7 Å². The van der Waals surface area contributed by atoms with Crippen LogP contribution in [0.2, 0.25) is 0 Å². The first-order chi connectivity index (χ1) is 8.50. The Morgan fingerprint density at radius 3 is 2.78 bits per heavy atom. The third kappa shape index (κ3) is 2.22. The van der Waals surface area contributed by atoms with E-state index in [-0.39, 0.29) is 11.5 Å². The van der Waals surface area contributed by atoms with Gasteiger partial charge in [-0.25, -0.2) is 4.79 Å². The van der Waals surface area contributed by atoms with Crippen LogP contribution in [0.4, 0.5) is 5.69 Å². The quantitative estimate of drug-likeness (QED) is 0.818. The Balaban J connectivity index is 2.39. The van der Waals surface area contributed by atoms with Crippen molar-refractivity contribution in [3.63, 3.8) is 0 Å². The Kier molecular flexibility index (Phi) is 3.34. The van der Waals surface area contributed by atoms with Crippen LogP contribution in [0, 0.1) is 0 Å². The Morgan fingerprint density at radius 1 is 1.44 bits per heavy atom. The van der Waals surface area contributed by atoms with Crippen molar-refractivity contribution in [3.05, 3.63) is 29.3 Å². The summed E-state index contributed by atoms with van der Waals surface area (Å²) >= 11 is 0. The molecule has 96 valence electrons. The van der Waals surface area contributed by atoms with E-state index in [1.807, 2.05) is 0 Å². The molecule has 1 aromatic carbocycles. The Bertz CT molecular complexity index is 497. The molecular weight excluding hydrogens is 232 g/mol. The summed E-state index contributed by atoms with van der Waals surface area (Å²) in [6, 6.07) is 4.31. The lowest BCUT2D eigenvalue weighted by molar-refractivity contribution is -0.119. The number of aryl methyl sites for hydroxylation is 1. The molecule has 1 aliphatic heterocycles. The first kappa shape index (κ1) is 12.6. The van der Waals surface area contributed by atoms with Gasteiger partial charge < -0.3 is 15.7 Å². The molecule has 1 heterocycles. The number of fused-ring (bicyclic) bond motifs is 1. The smallest absolute Gasteiger partial charge is 0.335 e. The maximum Gasteiger partial charge on any atom is 0.335 e. The number of carbonyl (C=O) groups excluding carboxylic acids is 1. The van der Waals surface area contributed by atoms with Crippen molar-refractivity contribution in [2.45, 2.75) is 25.8 Å². The maximum absolute atomic E-state index is 12.0. The van der Waals surface area contributed by atoms with Crippen LogP contribution in [0.1, 0.15) is 29.3 Å². The molecule has 1 aromatic rings. The highest BCUT2D eigenvalue weighted by atomic mass is 16.4. The minimum Gasteiger partial charge on any atom is -0.478 e. The lowest BCUT2D eigenvalue weighted by Gasteiger charge is -2.30. The van der Waals surface area contributed by atoms with Crippen molar-refractivity contribution >= 4 is 17.6 Å². The Hall–Kier alpha value is -1.88. The number of aromatic carboxylic acids is 1. The van der Waals surface area contributed by atoms with Gasteiger partial charge >= 0.3 is 5.97 Å². The van der Waals surface area contributed by atoms with Gasteiger partial charge in [0.1, 0.15) is 0 Å². The number of carboxylic acids is 1. The molecule has 1 unspecified atom stereocenters. The SMILES string of the molecule is CC(N)C(=O)N1CCCc2cc(C(=O)O)ccc21. The van der Waals surface area contributed by atoms with E-state index in [1.54, 1.807) is 24.0 Å². The third-order valence-electron chi connectivity index (χ3n) is 3.10. The number of carboxylic acid groups (broad SMARTS) is 1. The molecule has 5 nitrogen and oxygen atoms in total. The van der Waals surface area contributed by atoms with Gasteiger partial charge in [0.15, 0.2) is 0 Å². The molecular formula is C13H16N2O3. The van der Waals surface area contributed by atoms with E-state index in [1.165, 1.54) is 6.07 Å². The minimum absolute atomic E-state index is 0.126. The summed E-state index contributed by atoms with van der Waals surface area (Å²) in [5.74, 6) is -1.08. The highest BCUT2D eigenvalue weighted by molar-refractivity contribution is 5.98. The van der Waals surface area contributed by atoms with Gasteiger partial charge in [0.05, 0.1) is 11.6 Å². The van der Waals surface area contributed by atoms with Gasteiger partial charge in [0.25, 0.3) is 0 Å². The lowest BCUT2D eigenvalue weighted by Crippen LogP contribution is -2.44. The first-order valence-corrected chi connectivity index (χ1v) is 5.94. The predicted octanol–water partition coefficient (Wildman–Crippen LogP) is 1.01. The average molecular weight is 248 g/mol. The van der Waals surface area contributed by atoms with Crippen LogP contribution in [0.15, 0.2) is 18.2 Å². The third-order valence-corrected chi connectivity index (χ3v) is 3.10. The number of rotatable bonds is 2. The van der Waals surface area contributed by atoms with E-state index >= 15 is 0 Å². The van der Waals surface area contributed by atoms with E-state index in [4.69, 9.17) is 10.8 Å². The van der Waals surface area contributed by atoms with Gasteiger partial charge in [-0.15, -0.1) is 0 Å². The number of hydrogen-bond acceptors (Lipinski definition) is 3. The fraction of sp³-hybridized carbons (Fsp3) is 0.385. The second-order valence-corrected chi connectivity index (χ2v) is 4.53. The van der Waals surface area contributed by atoms with Crippen LogP contribution in [0.25, 0.3) is 0 Å². The van der Waals surface area contributed by atoms with Gasteiger partial charge in [0.2, 0.25) is 5.91 Å². The van der Waals surface area contributed by atoms with Crippen molar-refractivity contribution in [3.8, 4) is 0 Å². The molecule has 1 aliphatic rings. The zero-order chi connectivity index (χ0) is 13.3. The van der Waals surface area contributed by atoms with E-state index in [0.29, 0.717) is 6.54 Å². The molecule has 5 heteroatoms. The largest absolute Gasteiger partial charge is 0.478 e. The van der Waals surface area contributed by atoms with Gasteiger partial charge in [-0.1, -0.05) is 0 Å². The summed E-state index contributed by atoms with van der Waals surface area (Å²) in [5.41, 5.74) is 7.55. The number of carbonyl (C=O) groups is 2. The number of benzene rings is 1. The number of nitrogens with two attached hydrogens (primary N) is 1. The molecule has 1 amide bonds. The van der Waals surface area contributed by atoms with E-state index in [0.717, 1.165) is 24.1 Å². The Morgan fingerprint density at radius 2 is 2.17 bits per heavy atom. The zero-order valence-electron chi connectivity index (χ0n) is 10.2. The van der Waals surface area contributed by atoms with Crippen LogP contribution in [-0.4, -0.2) is 29.6 Å². The van der Waals surface area contributed by atoms with Crippen molar-refractivity contribution in [2.24, 2.45) is 5.73 Å². The van der Waals surface area contributed by atoms with E-state index in [2.05, 4.69) is 0 Å². The number of nitrogens with zero attached hydrogens (tertiary/aromatic N) is 1. The molecule has 3 N–H and O–H groups in total. The highest BCUT2D eigenvalue weighted by Crippen LogP contribution is 2.28. The molecule has 1 atom stereocenters. The van der Waals surface area contributed by atoms with Gasteiger partial charge in [0, 0.05) is 12.2 Å². The minimum atomic E-state index is -0.951. The standard InChI is InChI=1S/C13H16N2O3/c1-8(14)12(16)15-6-2-3-9-7-10(13(17)18)4-5-11(9)15/h4-5,7-8H,2-3,6,14H2,1H3,(H,17,18). The normalized spacial score (nSPS) is 16.0. The topological polar surface area (TPSA) is 83.6 Å². The number of anilines is 1. The van der Waals surface area contributed by atoms with Crippen LogP contribution >= 0.6 is 0 Å². The van der Waals surface area contributed by atoms with Crippen LogP contribution in [0.5, 0.6) is 0 Å². The summed E-state index contributed by atoms with van der Waals surface area (Å²) in [7, 11) is 0. The molecule has 0 bridgehead atoms. The first-order valence-electron chi connectivity index (χ1n) is 5.94. The highest BCUT2D eigenvalue weighted by Gasteiger charge is 2.25. The van der Waals surface area contributed by atoms with E-state index < -0.39 is 12.0 Å². The molecule has 0 fully saturated rings. The molecule has 0 aliphatic carbocycles. The van der Waals surface area contributed by atoms with Gasteiger partial charge in [-0.3, -0.25) is 4.79 Å². The predicted molar refractivity (Wildman–Crippen MR) is 67.7 cm³/mol. The summed E-state index contributed by atoms with van der Waals surface area (Å²) in [5, 5.41) is 8.95. The fourth-order valence-corrected chi connectivity index (χ4v) is 2.20. The monoisotopic (exact) mass is 248 g/mol. The maximum atomic E-state index is 12.0. The van der Waals surface area contributed by atoms with Crippen molar-refractivity contribution in [2.75, 3.05) is 11.4 Å². The van der Waals surface area contributed by atoms with Gasteiger partial charge in [-0.05, 0) is 43.5 Å². The molecule has 0 radical (unpaired) electrons. The molecule has 18 heavy (non-hydrogen) atoms. The van der Waals surface area contributed by atoms with Crippen molar-refractivity contribution in [1.82, 2.24) is 0 Å². The average Bonchev–Trinajstić information content (AvgIpc) is 2.36. The van der Waals surface area contributed by atoms with Crippen LogP contribution in [0.3, 0.4) is 0 Å². The second-order valence-electron chi connectivity index (χ2n) is 4.53. The summed E-state index contributed by atoms with van der Waals surface area (Å²) < 4.78 is 0. The van der Waals surface area contributed by atoms with Crippen LogP contribution in [-0.2, 0) is 11.2 Å². The summed E-state index contributed by atoms with van der Waals surface area (Å²) in [4.78, 5) is 24.5. The zero-order valence-corrected chi connectivity index (χ0v) is 10.2. The Labute approximate surface area is 105 Å². The fourth-order valence-electron chi connectivity index (χ4n) is 2.20. The number of amides is 1. The summed E-state index contributed by atoms with van der Waals surface area (Å²) in [6.07, 6.45) is 1.62. The number of hydrogen-bond donors (Lipinski definition) is 2. The van der Waals surface area contributed by atoms with Crippen molar-refractivity contribution in [1.29, 1.82) is 0 Å². The molecule has 0 aromatic heterocycles. The lowest BCUT2D eigenvalue weighted by atomic mass is 9.98. The molecule has 0 saturated heterocycles. The van der Waals surface area contributed by atoms with Crippen LogP contribution < -0.4 is 10.6 Å². The molecule has 0 saturated carbocycles. The second kappa shape index (κ2) is 4.78.